The predicted molar refractivity (Wildman–Crippen MR) is 186 cm³/mol. The largest absolute Gasteiger partial charge is 0.453 e. The number of carbonyl (C=O) groups is 2. The van der Waals surface area contributed by atoms with E-state index in [-0.39, 0.29) is 18.1 Å². The Morgan fingerprint density at radius 1 is 1.00 bits per heavy atom. The fourth-order valence-corrected chi connectivity index (χ4v) is 6.81. The molecule has 0 bridgehead atoms. The lowest BCUT2D eigenvalue weighted by Gasteiger charge is -2.30. The Hall–Kier alpha value is -4.51. The molecule has 3 atom stereocenters. The molecule has 0 radical (unpaired) electrons. The number of para-hydroxylation sites is 1. The summed E-state index contributed by atoms with van der Waals surface area (Å²) in [7, 11) is 1.29. The van der Waals surface area contributed by atoms with Crippen molar-refractivity contribution in [2.45, 2.75) is 43.9 Å². The predicted octanol–water partition coefficient (Wildman–Crippen LogP) is 6.79. The molecule has 0 saturated carbocycles. The van der Waals surface area contributed by atoms with Gasteiger partial charge in [-0.2, -0.15) is 0 Å². The molecule has 0 aliphatic carbocycles. The van der Waals surface area contributed by atoms with Crippen LogP contribution in [0.3, 0.4) is 0 Å². The van der Waals surface area contributed by atoms with Gasteiger partial charge in [-0.15, -0.1) is 0 Å². The summed E-state index contributed by atoms with van der Waals surface area (Å²) in [5, 5.41) is 9.51. The van der Waals surface area contributed by atoms with Gasteiger partial charge >= 0.3 is 6.09 Å². The van der Waals surface area contributed by atoms with Gasteiger partial charge in [-0.25, -0.2) is 9.78 Å². The highest BCUT2D eigenvalue weighted by molar-refractivity contribution is 9.10. The normalized spacial score (nSPS) is 16.9. The van der Waals surface area contributed by atoms with Crippen molar-refractivity contribution in [2.75, 3.05) is 25.6 Å². The van der Waals surface area contributed by atoms with Crippen LogP contribution in [-0.2, 0) is 20.7 Å². The average molecular weight is 697 g/mol. The Kier molecular flexibility index (Phi) is 10.3. The quantitative estimate of drug-likeness (QED) is 0.128. The van der Waals surface area contributed by atoms with E-state index in [2.05, 4.69) is 55.9 Å². The van der Waals surface area contributed by atoms with Gasteiger partial charge in [0.2, 0.25) is 5.91 Å². The maximum atomic E-state index is 14.1. The second-order valence-corrected chi connectivity index (χ2v) is 12.6. The zero-order chi connectivity index (χ0) is 32.8. The molecule has 242 valence electrons. The van der Waals surface area contributed by atoms with Crippen molar-refractivity contribution >= 4 is 44.7 Å². The number of carbonyl (C=O) groups excluding carboxylic acids is 2. The Balaban J connectivity index is 1.14. The topological polar surface area (TPSA) is 117 Å². The molecule has 1 aromatic heterocycles. The van der Waals surface area contributed by atoms with Crippen molar-refractivity contribution in [3.8, 4) is 0 Å². The first-order valence-corrected chi connectivity index (χ1v) is 16.5. The molecule has 5 aromatic rings. The number of aromatic nitrogens is 2. The van der Waals surface area contributed by atoms with E-state index in [1.807, 2.05) is 84.9 Å². The van der Waals surface area contributed by atoms with E-state index in [0.717, 1.165) is 50.0 Å². The maximum absolute atomic E-state index is 14.1. The SMILES string of the molecule is COC(=O)N[C@H](C(=O)Nc1ccccc1CC[C@@H]1CN[C@H](c2nc3c(Br)cc(C)cc3[nH]2)CO1)C(c1ccccc1)c1ccccc1. The number of anilines is 1. The smallest absolute Gasteiger partial charge is 0.407 e. The van der Waals surface area contributed by atoms with E-state index in [4.69, 9.17) is 14.5 Å². The Morgan fingerprint density at radius 3 is 2.34 bits per heavy atom. The molecule has 1 aliphatic heterocycles. The third-order valence-electron chi connectivity index (χ3n) is 8.53. The molecule has 1 aliphatic rings. The number of aryl methyl sites for hydroxylation is 2. The minimum atomic E-state index is -0.939. The van der Waals surface area contributed by atoms with Crippen molar-refractivity contribution in [3.63, 3.8) is 0 Å². The Labute approximate surface area is 282 Å². The molecule has 0 spiro atoms. The highest BCUT2D eigenvalue weighted by Gasteiger charge is 2.33. The average Bonchev–Trinajstić information content (AvgIpc) is 3.53. The standard InChI is InChI=1S/C37H38BrN5O4/c1-23-19-28(38)33-30(20-23)40-35(42-33)31-22-47-27(21-39-31)18-17-24-11-9-10-16-29(24)41-36(44)34(43-37(45)46-2)32(25-12-5-3-6-13-25)26-14-7-4-8-15-26/h3-16,19-20,27,31-32,34,39H,17-18,21-22H2,1-2H3,(H,40,42)(H,41,44)(H,43,45)/t27-,31+,34+/m1/s1. The molecule has 9 nitrogen and oxygen atoms in total. The van der Waals surface area contributed by atoms with Gasteiger partial charge in [0, 0.05) is 22.6 Å². The second kappa shape index (κ2) is 14.9. The van der Waals surface area contributed by atoms with Gasteiger partial charge < -0.3 is 30.4 Å². The number of ether oxygens (including phenoxy) is 2. The number of aromatic amines is 1. The van der Waals surface area contributed by atoms with Crippen molar-refractivity contribution < 1.29 is 19.1 Å². The molecular weight excluding hydrogens is 658 g/mol. The van der Waals surface area contributed by atoms with Gasteiger partial charge in [0.15, 0.2) is 0 Å². The zero-order valence-electron chi connectivity index (χ0n) is 26.3. The summed E-state index contributed by atoms with van der Waals surface area (Å²) in [6.07, 6.45) is 0.779. The number of rotatable bonds is 10. The summed E-state index contributed by atoms with van der Waals surface area (Å²) in [4.78, 5) is 34.8. The number of imidazole rings is 1. The first-order valence-electron chi connectivity index (χ1n) is 15.7. The lowest BCUT2D eigenvalue weighted by molar-refractivity contribution is -0.118. The minimum Gasteiger partial charge on any atom is -0.453 e. The monoisotopic (exact) mass is 695 g/mol. The van der Waals surface area contributed by atoms with Crippen LogP contribution in [0.4, 0.5) is 10.5 Å². The molecule has 1 saturated heterocycles. The molecule has 4 aromatic carbocycles. The third kappa shape index (κ3) is 7.73. The van der Waals surface area contributed by atoms with Crippen LogP contribution in [0.5, 0.6) is 0 Å². The van der Waals surface area contributed by atoms with Gasteiger partial charge in [0.25, 0.3) is 0 Å². The third-order valence-corrected chi connectivity index (χ3v) is 9.13. The van der Waals surface area contributed by atoms with Crippen LogP contribution < -0.4 is 16.0 Å². The van der Waals surface area contributed by atoms with Crippen LogP contribution in [0.25, 0.3) is 11.0 Å². The van der Waals surface area contributed by atoms with Gasteiger partial charge in [0.05, 0.1) is 31.4 Å². The first kappa shape index (κ1) is 32.4. The van der Waals surface area contributed by atoms with E-state index in [1.165, 1.54) is 7.11 Å². The number of nitrogens with one attached hydrogen (secondary N) is 4. The van der Waals surface area contributed by atoms with Crippen LogP contribution in [0.1, 0.15) is 46.5 Å². The Bertz CT molecular complexity index is 1780. The van der Waals surface area contributed by atoms with Crippen LogP contribution >= 0.6 is 15.9 Å². The van der Waals surface area contributed by atoms with Crippen molar-refractivity contribution in [2.24, 2.45) is 0 Å². The first-order chi connectivity index (χ1) is 22.9. The van der Waals surface area contributed by atoms with E-state index in [0.29, 0.717) is 25.3 Å². The van der Waals surface area contributed by atoms with Crippen molar-refractivity contribution in [1.82, 2.24) is 20.6 Å². The highest BCUT2D eigenvalue weighted by atomic mass is 79.9. The van der Waals surface area contributed by atoms with E-state index >= 15 is 0 Å². The number of hydrogen-bond acceptors (Lipinski definition) is 6. The number of fused-ring (bicyclic) bond motifs is 1. The number of alkyl carbamates (subject to hydrolysis) is 1. The number of morpholine rings is 1. The van der Waals surface area contributed by atoms with Crippen LogP contribution in [0.2, 0.25) is 0 Å². The Morgan fingerprint density at radius 2 is 1.68 bits per heavy atom. The minimum absolute atomic E-state index is 0.00245. The van der Waals surface area contributed by atoms with Crippen LogP contribution in [-0.4, -0.2) is 54.4 Å². The van der Waals surface area contributed by atoms with Gasteiger partial charge in [-0.3, -0.25) is 4.79 Å². The molecule has 10 heteroatoms. The number of benzene rings is 4. The molecule has 0 unspecified atom stereocenters. The lowest BCUT2D eigenvalue weighted by Crippen LogP contribution is -2.48. The number of halogens is 1. The molecular formula is C37H38BrN5O4. The van der Waals surface area contributed by atoms with Gasteiger partial charge in [-0.1, -0.05) is 78.9 Å². The van der Waals surface area contributed by atoms with Gasteiger partial charge in [0.1, 0.15) is 17.4 Å². The number of hydrogen-bond donors (Lipinski definition) is 4. The molecule has 6 rings (SSSR count). The number of methoxy groups -OCH3 is 1. The van der Waals surface area contributed by atoms with Crippen molar-refractivity contribution in [1.29, 1.82) is 0 Å². The summed E-state index contributed by atoms with van der Waals surface area (Å²) in [5.74, 6) is 0.0686. The molecule has 1 fully saturated rings. The summed E-state index contributed by atoms with van der Waals surface area (Å²) in [6, 6.07) is 30.3. The van der Waals surface area contributed by atoms with Crippen LogP contribution in [0, 0.1) is 6.92 Å². The molecule has 4 N–H and O–H groups in total. The van der Waals surface area contributed by atoms with E-state index in [1.54, 1.807) is 0 Å². The summed E-state index contributed by atoms with van der Waals surface area (Å²) >= 11 is 3.62. The lowest BCUT2D eigenvalue weighted by atomic mass is 9.84. The molecule has 47 heavy (non-hydrogen) atoms. The molecule has 2 heterocycles. The number of amides is 2. The van der Waals surface area contributed by atoms with E-state index < -0.39 is 18.1 Å². The van der Waals surface area contributed by atoms with E-state index in [9.17, 15) is 9.59 Å². The fourth-order valence-electron chi connectivity index (χ4n) is 6.15. The summed E-state index contributed by atoms with van der Waals surface area (Å²) < 4.78 is 12.2. The maximum Gasteiger partial charge on any atom is 0.407 e. The number of H-pyrrole nitrogens is 1. The number of nitrogens with zero attached hydrogens (tertiary/aromatic N) is 1. The second-order valence-electron chi connectivity index (χ2n) is 11.8. The molecule has 2 amide bonds. The highest BCUT2D eigenvalue weighted by Crippen LogP contribution is 2.31. The summed E-state index contributed by atoms with van der Waals surface area (Å²) in [6.45, 7) is 3.24. The summed E-state index contributed by atoms with van der Waals surface area (Å²) in [5.41, 5.74) is 6.54. The zero-order valence-corrected chi connectivity index (χ0v) is 27.9. The fraction of sp³-hybridized carbons (Fsp3) is 0.270. The van der Waals surface area contributed by atoms with Gasteiger partial charge in [-0.05, 0) is 76.1 Å². The van der Waals surface area contributed by atoms with Crippen LogP contribution in [0.15, 0.2) is 102 Å². The van der Waals surface area contributed by atoms with Crippen molar-refractivity contribution in [3.05, 3.63) is 130 Å².